The Kier molecular flexibility index (Phi) is 5.81. The van der Waals surface area contributed by atoms with Crippen molar-refractivity contribution >= 4 is 29.1 Å². The molecule has 5 rings (SSSR count). The first-order valence-electron chi connectivity index (χ1n) is 11.1. The van der Waals surface area contributed by atoms with Gasteiger partial charge in [0.2, 0.25) is 5.95 Å². The predicted octanol–water partition coefficient (Wildman–Crippen LogP) is 2.36. The van der Waals surface area contributed by atoms with Crippen LogP contribution in [-0.4, -0.2) is 54.1 Å². The van der Waals surface area contributed by atoms with Crippen LogP contribution in [-0.2, 0) is 4.79 Å². The average Bonchev–Trinajstić information content (AvgIpc) is 3.51. The van der Waals surface area contributed by atoms with Crippen molar-refractivity contribution in [1.82, 2.24) is 29.2 Å². The maximum Gasteiger partial charge on any atom is 0.298 e. The van der Waals surface area contributed by atoms with Crippen LogP contribution in [0, 0.1) is 11.8 Å². The average molecular weight is 467 g/mol. The fraction of sp³-hybridized carbons (Fsp3) is 0.200. The zero-order valence-corrected chi connectivity index (χ0v) is 19.0. The van der Waals surface area contributed by atoms with Gasteiger partial charge in [-0.25, -0.2) is 15.0 Å². The van der Waals surface area contributed by atoms with Crippen LogP contribution in [0.4, 0.5) is 11.8 Å². The van der Waals surface area contributed by atoms with Crippen molar-refractivity contribution in [3.63, 3.8) is 0 Å². The lowest BCUT2D eigenvalue weighted by Crippen LogP contribution is -2.26. The number of rotatable bonds is 4. The van der Waals surface area contributed by atoms with Gasteiger partial charge in [-0.15, -0.1) is 0 Å². The Hall–Kier alpha value is -4.78. The molecule has 1 saturated heterocycles. The highest BCUT2D eigenvalue weighted by atomic mass is 16.2. The maximum atomic E-state index is 12.5. The molecule has 10 nitrogen and oxygen atoms in total. The molecule has 1 aliphatic heterocycles. The zero-order chi connectivity index (χ0) is 24.4. The van der Waals surface area contributed by atoms with Gasteiger partial charge in [0.15, 0.2) is 0 Å². The van der Waals surface area contributed by atoms with E-state index in [1.165, 1.54) is 0 Å². The van der Waals surface area contributed by atoms with Crippen molar-refractivity contribution in [2.45, 2.75) is 19.3 Å². The van der Waals surface area contributed by atoms with E-state index in [4.69, 9.17) is 10.7 Å². The van der Waals surface area contributed by atoms with E-state index in [9.17, 15) is 9.59 Å². The van der Waals surface area contributed by atoms with Crippen molar-refractivity contribution in [3.05, 3.63) is 66.4 Å². The fourth-order valence-corrected chi connectivity index (χ4v) is 4.21. The highest BCUT2D eigenvalue weighted by Gasteiger charge is 2.31. The third-order valence-corrected chi connectivity index (χ3v) is 5.86. The Labute approximate surface area is 201 Å². The van der Waals surface area contributed by atoms with Crippen LogP contribution in [0.25, 0.3) is 16.9 Å². The van der Waals surface area contributed by atoms with Gasteiger partial charge >= 0.3 is 0 Å². The molecular weight excluding hydrogens is 444 g/mol. The molecule has 2 amide bonds. The molecule has 4 aromatic heterocycles. The minimum absolute atomic E-state index is 0.0412. The Morgan fingerprint density at radius 2 is 2.00 bits per heavy atom. The number of nitrogens with one attached hydrogen (secondary N) is 1. The van der Waals surface area contributed by atoms with Gasteiger partial charge in [0.05, 0.1) is 11.2 Å². The molecule has 4 aromatic rings. The molecule has 174 valence electrons. The zero-order valence-electron chi connectivity index (χ0n) is 19.0. The number of hydrogen-bond donors (Lipinski definition) is 2. The van der Waals surface area contributed by atoms with E-state index >= 15 is 0 Å². The predicted molar refractivity (Wildman–Crippen MR) is 130 cm³/mol. The number of fused-ring (bicyclic) bond motifs is 1. The summed E-state index contributed by atoms with van der Waals surface area (Å²) >= 11 is 0. The number of nitrogen functional groups attached to an aromatic ring is 1. The lowest BCUT2D eigenvalue weighted by molar-refractivity contribution is -0.124. The number of anilines is 2. The lowest BCUT2D eigenvalue weighted by atomic mass is 10.0. The minimum atomic E-state index is -0.365. The van der Waals surface area contributed by atoms with E-state index in [1.807, 2.05) is 6.07 Å². The minimum Gasteiger partial charge on any atom is -0.369 e. The highest BCUT2D eigenvalue weighted by molar-refractivity contribution is 6.02. The van der Waals surface area contributed by atoms with Crippen LogP contribution >= 0.6 is 0 Å². The number of aromatic nitrogens is 5. The van der Waals surface area contributed by atoms with Gasteiger partial charge in [-0.1, -0.05) is 12.0 Å². The molecule has 3 N–H and O–H groups in total. The standard InChI is InChI=1S/C25H22N8O2/c1-2-5-21(34)32-13-10-17(15-32)22-19-9-12-28-25(26)33(19)23(31-22)16-7-8-18(29-14-16)24(35)30-20-6-3-4-11-27-20/h3-4,6-9,11-12,14,17H,10,13,15H2,1H3,(H2,26,28)(H,27,30,35). The second-order valence-electron chi connectivity index (χ2n) is 8.06. The molecule has 1 atom stereocenters. The number of carbonyl (C=O) groups is 2. The summed E-state index contributed by atoms with van der Waals surface area (Å²) in [4.78, 5) is 44.0. The Bertz CT molecular complexity index is 1470. The number of carbonyl (C=O) groups excluding carboxylic acids is 2. The smallest absolute Gasteiger partial charge is 0.298 e. The summed E-state index contributed by atoms with van der Waals surface area (Å²) < 4.78 is 1.77. The summed E-state index contributed by atoms with van der Waals surface area (Å²) in [7, 11) is 0. The maximum absolute atomic E-state index is 12.5. The van der Waals surface area contributed by atoms with Crippen LogP contribution in [0.15, 0.2) is 55.0 Å². The molecule has 1 fully saturated rings. The van der Waals surface area contributed by atoms with Gasteiger partial charge in [0.1, 0.15) is 17.3 Å². The molecule has 0 aromatic carbocycles. The SMILES string of the molecule is CC#CC(=O)N1CCC(c2nc(-c3ccc(C(=O)Nc4ccccn4)nc3)n3c(N)nccc23)C1. The molecule has 1 unspecified atom stereocenters. The van der Waals surface area contributed by atoms with E-state index in [0.29, 0.717) is 30.3 Å². The van der Waals surface area contributed by atoms with Crippen molar-refractivity contribution in [3.8, 4) is 23.2 Å². The van der Waals surface area contributed by atoms with Gasteiger partial charge in [0, 0.05) is 43.2 Å². The first-order valence-corrected chi connectivity index (χ1v) is 11.1. The second kappa shape index (κ2) is 9.23. The molecule has 0 saturated carbocycles. The van der Waals surface area contributed by atoms with E-state index in [1.54, 1.807) is 65.1 Å². The fourth-order valence-electron chi connectivity index (χ4n) is 4.21. The summed E-state index contributed by atoms with van der Waals surface area (Å²) in [5, 5.41) is 2.71. The molecule has 0 bridgehead atoms. The first kappa shape index (κ1) is 22.0. The number of nitrogens with zero attached hydrogens (tertiary/aromatic N) is 6. The van der Waals surface area contributed by atoms with Crippen LogP contribution < -0.4 is 11.1 Å². The molecule has 0 aliphatic carbocycles. The molecule has 1 aliphatic rings. The van der Waals surface area contributed by atoms with Crippen LogP contribution in [0.1, 0.15) is 35.4 Å². The van der Waals surface area contributed by atoms with Crippen molar-refractivity contribution in [1.29, 1.82) is 0 Å². The van der Waals surface area contributed by atoms with Gasteiger partial charge < -0.3 is 16.0 Å². The monoisotopic (exact) mass is 466 g/mol. The van der Waals surface area contributed by atoms with Gasteiger partial charge in [-0.3, -0.25) is 19.0 Å². The molecular formula is C25H22N8O2. The molecule has 0 spiro atoms. The second-order valence-corrected chi connectivity index (χ2v) is 8.06. The van der Waals surface area contributed by atoms with Crippen molar-refractivity contribution < 1.29 is 9.59 Å². The summed E-state index contributed by atoms with van der Waals surface area (Å²) in [5.74, 6) is 6.07. The largest absolute Gasteiger partial charge is 0.369 e. The lowest BCUT2D eigenvalue weighted by Gasteiger charge is -2.12. The van der Waals surface area contributed by atoms with Crippen LogP contribution in [0.3, 0.4) is 0 Å². The van der Waals surface area contributed by atoms with E-state index in [0.717, 1.165) is 17.6 Å². The Morgan fingerprint density at radius 1 is 1.11 bits per heavy atom. The molecule has 0 radical (unpaired) electrons. The normalized spacial score (nSPS) is 15.0. The van der Waals surface area contributed by atoms with Gasteiger partial charge in [-0.05, 0) is 49.6 Å². The van der Waals surface area contributed by atoms with E-state index in [-0.39, 0.29) is 29.4 Å². The Balaban J connectivity index is 1.45. The number of imidazole rings is 1. The third kappa shape index (κ3) is 4.27. The van der Waals surface area contributed by atoms with E-state index in [2.05, 4.69) is 32.1 Å². The topological polar surface area (TPSA) is 131 Å². The number of amides is 2. The first-order chi connectivity index (χ1) is 17.0. The summed E-state index contributed by atoms with van der Waals surface area (Å²) in [6, 6.07) is 10.5. The number of pyridine rings is 2. The Morgan fingerprint density at radius 3 is 2.74 bits per heavy atom. The molecule has 5 heterocycles. The van der Waals surface area contributed by atoms with Crippen LogP contribution in [0.5, 0.6) is 0 Å². The summed E-state index contributed by atoms with van der Waals surface area (Å²) in [6.07, 6.45) is 5.60. The number of likely N-dealkylation sites (tertiary alicyclic amines) is 1. The van der Waals surface area contributed by atoms with Crippen molar-refractivity contribution in [2.75, 3.05) is 24.1 Å². The van der Waals surface area contributed by atoms with Gasteiger partial charge in [-0.2, -0.15) is 0 Å². The van der Waals surface area contributed by atoms with E-state index < -0.39 is 0 Å². The van der Waals surface area contributed by atoms with Crippen molar-refractivity contribution in [2.24, 2.45) is 0 Å². The summed E-state index contributed by atoms with van der Waals surface area (Å²) in [5.41, 5.74) is 8.81. The summed E-state index contributed by atoms with van der Waals surface area (Å²) in [6.45, 7) is 2.80. The molecule has 35 heavy (non-hydrogen) atoms. The van der Waals surface area contributed by atoms with Crippen LogP contribution in [0.2, 0.25) is 0 Å². The third-order valence-electron chi connectivity index (χ3n) is 5.86. The number of hydrogen-bond acceptors (Lipinski definition) is 7. The molecule has 10 heteroatoms. The van der Waals surface area contributed by atoms with Gasteiger partial charge in [0.25, 0.3) is 11.8 Å². The highest BCUT2D eigenvalue weighted by Crippen LogP contribution is 2.33. The quantitative estimate of drug-likeness (QED) is 0.441. The number of nitrogens with two attached hydrogens (primary N) is 1.